The third-order valence-electron chi connectivity index (χ3n) is 5.27. The molecule has 166 valence electrons. The van der Waals surface area contributed by atoms with Crippen molar-refractivity contribution in [1.82, 2.24) is 5.32 Å². The van der Waals surface area contributed by atoms with E-state index in [9.17, 15) is 18.0 Å². The van der Waals surface area contributed by atoms with Crippen molar-refractivity contribution in [2.45, 2.75) is 44.2 Å². The van der Waals surface area contributed by atoms with Gasteiger partial charge in [-0.2, -0.15) is 0 Å². The maximum Gasteiger partial charge on any atom is 0.265 e. The Morgan fingerprint density at radius 3 is 2.28 bits per heavy atom. The van der Waals surface area contributed by atoms with Gasteiger partial charge in [0.05, 0.1) is 21.8 Å². The Morgan fingerprint density at radius 1 is 0.938 bits per heavy atom. The van der Waals surface area contributed by atoms with Gasteiger partial charge in [0.25, 0.3) is 15.9 Å². The lowest BCUT2D eigenvalue weighted by Crippen LogP contribution is -2.44. The van der Waals surface area contributed by atoms with Crippen LogP contribution in [-0.4, -0.2) is 31.8 Å². The molecule has 0 aromatic heterocycles. The Balaban J connectivity index is 1.66. The van der Waals surface area contributed by atoms with Crippen LogP contribution in [0.3, 0.4) is 0 Å². The number of nitrogens with zero attached hydrogens (tertiary/aromatic N) is 1. The molecule has 0 fully saturated rings. The first-order valence-corrected chi connectivity index (χ1v) is 11.7. The number of rotatable bonds is 4. The van der Waals surface area contributed by atoms with E-state index in [0.717, 1.165) is 9.69 Å². The first kappa shape index (κ1) is 21.8. The zero-order chi connectivity index (χ0) is 23.3. The fraction of sp³-hybridized carbons (Fsp3) is 0.250. The number of benzene rings is 3. The largest absolute Gasteiger partial charge is 0.347 e. The van der Waals surface area contributed by atoms with Gasteiger partial charge in [-0.05, 0) is 57.3 Å². The molecule has 1 aliphatic rings. The molecular formula is C24H25N3O4S. The minimum Gasteiger partial charge on any atom is -0.347 e. The number of carbonyl (C=O) groups excluding carboxylic acids is 2. The van der Waals surface area contributed by atoms with Gasteiger partial charge in [0.2, 0.25) is 5.91 Å². The topological polar surface area (TPSA) is 95.6 Å². The molecule has 32 heavy (non-hydrogen) atoms. The molecule has 4 rings (SSSR count). The second-order valence-corrected chi connectivity index (χ2v) is 10.6. The van der Waals surface area contributed by atoms with Gasteiger partial charge < -0.3 is 10.6 Å². The van der Waals surface area contributed by atoms with Crippen molar-refractivity contribution in [2.75, 3.05) is 9.62 Å². The summed E-state index contributed by atoms with van der Waals surface area (Å²) in [5.74, 6) is -0.860. The van der Waals surface area contributed by atoms with Crippen LogP contribution in [0.4, 0.5) is 11.4 Å². The highest BCUT2D eigenvalue weighted by molar-refractivity contribution is 7.93. The van der Waals surface area contributed by atoms with Gasteiger partial charge in [-0.3, -0.25) is 13.9 Å². The van der Waals surface area contributed by atoms with Gasteiger partial charge in [0, 0.05) is 10.9 Å². The highest BCUT2D eigenvalue weighted by atomic mass is 32.2. The molecule has 0 bridgehead atoms. The minimum atomic E-state index is -3.89. The number of carbonyl (C=O) groups is 2. The molecule has 2 amide bonds. The summed E-state index contributed by atoms with van der Waals surface area (Å²) in [6.07, 6.45) is 0. The summed E-state index contributed by atoms with van der Waals surface area (Å²) in [6.45, 7) is 7.13. The van der Waals surface area contributed by atoms with Crippen molar-refractivity contribution in [2.24, 2.45) is 0 Å². The molecule has 2 N–H and O–H groups in total. The molecule has 7 nitrogen and oxygen atoms in total. The number of sulfonamides is 1. The van der Waals surface area contributed by atoms with Gasteiger partial charge in [0.15, 0.2) is 0 Å². The van der Waals surface area contributed by atoms with Crippen LogP contribution in [-0.2, 0) is 14.8 Å². The lowest BCUT2D eigenvalue weighted by molar-refractivity contribution is -0.116. The second kappa shape index (κ2) is 7.63. The molecule has 0 aliphatic carbocycles. The van der Waals surface area contributed by atoms with Gasteiger partial charge >= 0.3 is 0 Å². The summed E-state index contributed by atoms with van der Waals surface area (Å²) in [6, 6.07) is 16.0. The molecule has 0 saturated heterocycles. The Hall–Kier alpha value is -3.39. The van der Waals surface area contributed by atoms with Crippen molar-refractivity contribution in [3.8, 4) is 0 Å². The summed E-state index contributed by atoms with van der Waals surface area (Å²) >= 11 is 0. The molecule has 1 heterocycles. The van der Waals surface area contributed by atoms with E-state index in [-0.39, 0.29) is 10.8 Å². The molecule has 0 unspecified atom stereocenters. The summed E-state index contributed by atoms with van der Waals surface area (Å²) in [4.78, 5) is 26.1. The lowest BCUT2D eigenvalue weighted by Gasteiger charge is -2.26. The number of amides is 2. The molecule has 1 atom stereocenters. The molecule has 0 spiro atoms. The fourth-order valence-corrected chi connectivity index (χ4v) is 5.75. The molecule has 0 radical (unpaired) electrons. The summed E-state index contributed by atoms with van der Waals surface area (Å²) in [5, 5.41) is 7.02. The van der Waals surface area contributed by atoms with E-state index in [0.29, 0.717) is 22.3 Å². The molecule has 3 aromatic rings. The fourth-order valence-electron chi connectivity index (χ4n) is 3.88. The third kappa shape index (κ3) is 3.71. The average Bonchev–Trinajstić information content (AvgIpc) is 2.95. The first-order valence-electron chi connectivity index (χ1n) is 10.3. The van der Waals surface area contributed by atoms with E-state index in [1.165, 1.54) is 6.92 Å². The van der Waals surface area contributed by atoms with Gasteiger partial charge in [-0.1, -0.05) is 36.4 Å². The van der Waals surface area contributed by atoms with Gasteiger partial charge in [0.1, 0.15) is 6.04 Å². The lowest BCUT2D eigenvalue weighted by atomic mass is 10.1. The minimum absolute atomic E-state index is 0.190. The van der Waals surface area contributed by atoms with Crippen LogP contribution in [0.25, 0.3) is 10.8 Å². The average molecular weight is 452 g/mol. The standard InChI is InChI=1S/C24H25N3O4S/c1-15(22(28)25-18-12-6-5-11-17(18)23(29)26-24(2,3)4)27-19-13-7-9-16-10-8-14-20(21(16)19)32(27,30)31/h5-15H,1-4H3,(H,25,28)(H,26,29)/t15-/m0/s1. The molecule has 8 heteroatoms. The van der Waals surface area contributed by atoms with Crippen LogP contribution in [0.1, 0.15) is 38.1 Å². The van der Waals surface area contributed by atoms with Crippen LogP contribution < -0.4 is 14.9 Å². The molecule has 0 saturated carbocycles. The van der Waals surface area contributed by atoms with Gasteiger partial charge in [-0.25, -0.2) is 8.42 Å². The van der Waals surface area contributed by atoms with Crippen LogP contribution in [0.2, 0.25) is 0 Å². The molecular weight excluding hydrogens is 426 g/mol. The maximum absolute atomic E-state index is 13.3. The Kier molecular flexibility index (Phi) is 5.21. The highest BCUT2D eigenvalue weighted by Gasteiger charge is 2.41. The Labute approximate surface area is 187 Å². The van der Waals surface area contributed by atoms with E-state index in [1.807, 2.05) is 32.9 Å². The van der Waals surface area contributed by atoms with Crippen LogP contribution in [0.15, 0.2) is 65.6 Å². The number of hydrogen-bond acceptors (Lipinski definition) is 4. The van der Waals surface area contributed by atoms with E-state index >= 15 is 0 Å². The van der Waals surface area contributed by atoms with E-state index in [2.05, 4.69) is 10.6 Å². The van der Waals surface area contributed by atoms with Crippen molar-refractivity contribution in [3.05, 3.63) is 66.2 Å². The second-order valence-electron chi connectivity index (χ2n) is 8.85. The predicted octanol–water partition coefficient (Wildman–Crippen LogP) is 3.90. The van der Waals surface area contributed by atoms with E-state index in [4.69, 9.17) is 0 Å². The number of nitrogens with one attached hydrogen (secondary N) is 2. The number of anilines is 2. The Morgan fingerprint density at radius 2 is 1.59 bits per heavy atom. The third-order valence-corrected chi connectivity index (χ3v) is 7.19. The number of para-hydroxylation sites is 1. The smallest absolute Gasteiger partial charge is 0.265 e. The van der Waals surface area contributed by atoms with Crippen molar-refractivity contribution in [1.29, 1.82) is 0 Å². The van der Waals surface area contributed by atoms with Gasteiger partial charge in [-0.15, -0.1) is 0 Å². The number of hydrogen-bond donors (Lipinski definition) is 2. The zero-order valence-corrected chi connectivity index (χ0v) is 19.2. The highest BCUT2D eigenvalue weighted by Crippen LogP contribution is 2.43. The molecule has 1 aliphatic heterocycles. The van der Waals surface area contributed by atoms with Crippen LogP contribution in [0.5, 0.6) is 0 Å². The van der Waals surface area contributed by atoms with Crippen molar-refractivity contribution >= 4 is 44.0 Å². The summed E-state index contributed by atoms with van der Waals surface area (Å²) in [5.41, 5.74) is 0.644. The maximum atomic E-state index is 13.3. The molecule has 3 aromatic carbocycles. The summed E-state index contributed by atoms with van der Waals surface area (Å²) in [7, 11) is -3.89. The van der Waals surface area contributed by atoms with Crippen LogP contribution >= 0.6 is 0 Å². The van der Waals surface area contributed by atoms with Crippen LogP contribution in [0, 0.1) is 0 Å². The summed E-state index contributed by atoms with van der Waals surface area (Å²) < 4.78 is 27.7. The Bertz CT molecular complexity index is 1340. The monoisotopic (exact) mass is 451 g/mol. The van der Waals surface area contributed by atoms with E-state index in [1.54, 1.807) is 48.5 Å². The zero-order valence-electron chi connectivity index (χ0n) is 18.3. The van der Waals surface area contributed by atoms with Crippen molar-refractivity contribution < 1.29 is 18.0 Å². The predicted molar refractivity (Wildman–Crippen MR) is 125 cm³/mol. The SMILES string of the molecule is C[C@@H](C(=O)Nc1ccccc1C(=O)NC(C)(C)C)N1c2cccc3cccc(c23)S1(=O)=O. The first-order chi connectivity index (χ1) is 15.0. The van der Waals surface area contributed by atoms with Crippen molar-refractivity contribution in [3.63, 3.8) is 0 Å². The quantitative estimate of drug-likeness (QED) is 0.629. The van der Waals surface area contributed by atoms with E-state index < -0.39 is 27.5 Å². The normalized spacial score (nSPS) is 15.4.